The van der Waals surface area contributed by atoms with Gasteiger partial charge in [-0.05, 0) is 76.9 Å². The minimum absolute atomic E-state index is 0. The Hall–Kier alpha value is -3.08. The van der Waals surface area contributed by atoms with Gasteiger partial charge in [-0.1, -0.05) is 24.3 Å². The second kappa shape index (κ2) is 22.2. The molecular formula is C36H36N2Na2O10S2. The van der Waals surface area contributed by atoms with Crippen molar-refractivity contribution >= 4 is 57.7 Å². The molecule has 0 aliphatic carbocycles. The number of thiazole rings is 2. The Morgan fingerprint density at radius 1 is 0.635 bits per heavy atom. The van der Waals surface area contributed by atoms with Gasteiger partial charge in [0.25, 0.3) is 0 Å². The van der Waals surface area contributed by atoms with E-state index in [1.165, 1.54) is 36.5 Å². The Kier molecular flexibility index (Phi) is 20.0. The number of hydrogen-bond acceptors (Lipinski definition) is 14. The standard InChI is InChI=1S/2C18H19NO5S.2Na/c2*1-10-12(3)25-18(19-10)17(11(2)20)15(21)8-13-5-4-6-14(7-13)24-9-16(22)23;;/h2*4-7,17H,8-9H2,1-3H3,(H,22,23);;/q;;2*+1/p-2. The Morgan fingerprint density at radius 2 is 0.981 bits per heavy atom. The summed E-state index contributed by atoms with van der Waals surface area (Å²) in [6.07, 6.45) is 0.0644. The van der Waals surface area contributed by atoms with Crippen molar-refractivity contribution < 1.29 is 108 Å². The molecule has 2 aromatic carbocycles. The molecule has 0 saturated heterocycles. The second-order valence-corrected chi connectivity index (χ2v) is 13.8. The van der Waals surface area contributed by atoms with E-state index in [2.05, 4.69) is 9.97 Å². The second-order valence-electron chi connectivity index (χ2n) is 11.4. The molecule has 2 aromatic heterocycles. The van der Waals surface area contributed by atoms with Crippen molar-refractivity contribution in [2.24, 2.45) is 0 Å². The number of aryl methyl sites for hydroxylation is 4. The maximum atomic E-state index is 12.7. The average Bonchev–Trinajstić information content (AvgIpc) is 3.53. The molecule has 52 heavy (non-hydrogen) atoms. The number of carbonyl (C=O) groups is 6. The number of nitrogens with zero attached hydrogens (tertiary/aromatic N) is 2. The smallest absolute Gasteiger partial charge is 0.546 e. The van der Waals surface area contributed by atoms with Gasteiger partial charge in [0, 0.05) is 22.6 Å². The zero-order chi connectivity index (χ0) is 37.1. The number of benzene rings is 2. The maximum absolute atomic E-state index is 12.7. The third-order valence-electron chi connectivity index (χ3n) is 7.31. The molecule has 0 aliphatic heterocycles. The molecule has 0 saturated carbocycles. The van der Waals surface area contributed by atoms with Crippen LogP contribution in [0.3, 0.4) is 0 Å². The van der Waals surface area contributed by atoms with Gasteiger partial charge in [-0.3, -0.25) is 19.2 Å². The Balaban J connectivity index is 0.000000501. The van der Waals surface area contributed by atoms with Crippen LogP contribution < -0.4 is 78.8 Å². The molecule has 4 rings (SSSR count). The summed E-state index contributed by atoms with van der Waals surface area (Å²) in [4.78, 5) is 80.8. The zero-order valence-corrected chi connectivity index (χ0v) is 36.0. The summed E-state index contributed by atoms with van der Waals surface area (Å²) in [5.74, 6) is -4.76. The Bertz CT molecular complexity index is 1730. The summed E-state index contributed by atoms with van der Waals surface area (Å²) in [5.41, 5.74) is 2.91. The molecule has 2 unspecified atom stereocenters. The molecule has 0 aliphatic rings. The summed E-state index contributed by atoms with van der Waals surface area (Å²) in [6.45, 7) is 9.12. The maximum Gasteiger partial charge on any atom is 1.00 e. The first-order valence-electron chi connectivity index (χ1n) is 15.3. The summed E-state index contributed by atoms with van der Waals surface area (Å²) in [6, 6.07) is 13.1. The van der Waals surface area contributed by atoms with Gasteiger partial charge in [-0.2, -0.15) is 0 Å². The van der Waals surface area contributed by atoms with Gasteiger partial charge < -0.3 is 29.3 Å². The first kappa shape index (κ1) is 46.9. The van der Waals surface area contributed by atoms with E-state index in [1.54, 1.807) is 48.5 Å². The van der Waals surface area contributed by atoms with Crippen molar-refractivity contribution in [2.45, 2.75) is 66.2 Å². The van der Waals surface area contributed by atoms with Gasteiger partial charge in [0.1, 0.15) is 58.1 Å². The number of aromatic nitrogens is 2. The van der Waals surface area contributed by atoms with E-state index < -0.39 is 37.0 Å². The monoisotopic (exact) mass is 766 g/mol. The van der Waals surface area contributed by atoms with E-state index in [4.69, 9.17) is 9.47 Å². The fourth-order valence-corrected chi connectivity index (χ4v) is 6.91. The number of aliphatic carboxylic acids is 2. The number of carboxylic acid groups (broad SMARTS) is 2. The van der Waals surface area contributed by atoms with E-state index >= 15 is 0 Å². The molecule has 264 valence electrons. The van der Waals surface area contributed by atoms with Crippen LogP contribution in [0.4, 0.5) is 0 Å². The molecule has 0 radical (unpaired) electrons. The summed E-state index contributed by atoms with van der Waals surface area (Å²) in [5, 5.41) is 21.9. The fraction of sp³-hybridized carbons (Fsp3) is 0.333. The number of hydrogen-bond donors (Lipinski definition) is 0. The molecule has 0 amide bonds. The number of ketones is 4. The van der Waals surface area contributed by atoms with Crippen LogP contribution in [0, 0.1) is 27.7 Å². The van der Waals surface area contributed by atoms with Gasteiger partial charge in [-0.25, -0.2) is 9.97 Å². The van der Waals surface area contributed by atoms with Crippen molar-refractivity contribution in [3.8, 4) is 11.5 Å². The molecule has 4 aromatic rings. The van der Waals surface area contributed by atoms with Crippen LogP contribution in [-0.2, 0) is 41.6 Å². The minimum Gasteiger partial charge on any atom is -0.546 e. The van der Waals surface area contributed by atoms with Crippen LogP contribution >= 0.6 is 22.7 Å². The topological polar surface area (TPSA) is 193 Å². The predicted octanol–water partition coefficient (Wildman–Crippen LogP) is -3.25. The van der Waals surface area contributed by atoms with E-state index in [-0.39, 0.29) is 95.1 Å². The van der Waals surface area contributed by atoms with E-state index in [9.17, 15) is 39.0 Å². The predicted molar refractivity (Wildman–Crippen MR) is 181 cm³/mol. The van der Waals surface area contributed by atoms with Crippen LogP contribution in [0.1, 0.15) is 68.0 Å². The summed E-state index contributed by atoms with van der Waals surface area (Å²) >= 11 is 2.71. The molecule has 12 nitrogen and oxygen atoms in total. The van der Waals surface area contributed by atoms with Gasteiger partial charge in [0.15, 0.2) is 11.6 Å². The third kappa shape index (κ3) is 14.4. The molecule has 0 bridgehead atoms. The normalized spacial score (nSPS) is 11.3. The first-order valence-corrected chi connectivity index (χ1v) is 17.0. The summed E-state index contributed by atoms with van der Waals surface area (Å²) < 4.78 is 10.1. The van der Waals surface area contributed by atoms with Crippen LogP contribution in [-0.4, -0.2) is 58.3 Å². The quantitative estimate of drug-likeness (QED) is 0.0819. The van der Waals surface area contributed by atoms with E-state index in [1.807, 2.05) is 27.7 Å². The van der Waals surface area contributed by atoms with Crippen molar-refractivity contribution in [1.82, 2.24) is 9.97 Å². The van der Waals surface area contributed by atoms with Gasteiger partial charge in [0.05, 0.1) is 23.3 Å². The zero-order valence-electron chi connectivity index (χ0n) is 30.4. The van der Waals surface area contributed by atoms with Crippen molar-refractivity contribution in [2.75, 3.05) is 13.2 Å². The Labute approximate surface area is 354 Å². The van der Waals surface area contributed by atoms with Crippen molar-refractivity contribution in [3.63, 3.8) is 0 Å². The fourth-order valence-electron chi connectivity index (χ4n) is 4.70. The number of Topliss-reactive ketones (excluding diaryl/α,β-unsaturated/α-hetero) is 4. The van der Waals surface area contributed by atoms with E-state index in [0.717, 1.165) is 21.1 Å². The van der Waals surface area contributed by atoms with Gasteiger partial charge in [-0.15, -0.1) is 22.7 Å². The van der Waals surface area contributed by atoms with Crippen molar-refractivity contribution in [1.29, 1.82) is 0 Å². The van der Waals surface area contributed by atoms with Crippen LogP contribution in [0.15, 0.2) is 48.5 Å². The number of rotatable bonds is 16. The summed E-state index contributed by atoms with van der Waals surface area (Å²) in [7, 11) is 0. The Morgan fingerprint density at radius 3 is 1.25 bits per heavy atom. The van der Waals surface area contributed by atoms with Crippen LogP contribution in [0.2, 0.25) is 0 Å². The number of ether oxygens (including phenoxy) is 2. The molecule has 2 atom stereocenters. The van der Waals surface area contributed by atoms with E-state index in [0.29, 0.717) is 32.6 Å². The van der Waals surface area contributed by atoms with Gasteiger partial charge >= 0.3 is 59.1 Å². The average molecular weight is 767 g/mol. The number of carbonyl (C=O) groups excluding carboxylic acids is 6. The molecular weight excluding hydrogens is 731 g/mol. The molecule has 2 heterocycles. The molecule has 0 fully saturated rings. The third-order valence-corrected chi connectivity index (χ3v) is 9.58. The number of carboxylic acids is 2. The largest absolute Gasteiger partial charge is 1.00 e. The molecule has 0 spiro atoms. The van der Waals surface area contributed by atoms with Gasteiger partial charge in [0.2, 0.25) is 0 Å². The van der Waals surface area contributed by atoms with Crippen LogP contribution in [0.5, 0.6) is 11.5 Å². The molecule has 16 heteroatoms. The SMILES string of the molecule is CC(=O)C(C(=O)Cc1cccc(OCC(=O)[O-])c1)c1nc(C)c(C)s1.CC(=O)C(C(=O)Cc1cccc(OCC(=O)[O-])c1)c1nc(C)c(C)s1.[Na+].[Na+]. The minimum atomic E-state index is -1.33. The molecule has 0 N–H and O–H groups in total. The van der Waals surface area contributed by atoms with Crippen molar-refractivity contribution in [3.05, 3.63) is 90.8 Å². The van der Waals surface area contributed by atoms with Crippen LogP contribution in [0.25, 0.3) is 0 Å². The first-order chi connectivity index (χ1) is 23.5.